The Bertz CT molecular complexity index is 1020. The minimum Gasteiger partial charge on any atom is -0.387 e. The summed E-state index contributed by atoms with van der Waals surface area (Å²) < 4.78 is 51.4. The largest absolute Gasteiger partial charge is 0.490 e. The predicted octanol–water partition coefficient (Wildman–Crippen LogP) is -1.57. The standard InChI is InChI=1S/C11H20N5O13P3/c1-11(2-26-31(22,23)29-32(24,25)28-30(19,20)21)7(18)6(17)10(27-11)16-4-15-5-8(12)13-3-14-9(5)16/h3,6-7,10,15,17-18H,2,4H2,1H3,(H,22,23)(H,24,25)(H2,12,13,14)(H2,19,20,21)/t6?,7-,10-,11-/m1/s1. The number of hydrogen-bond acceptors (Lipinski definition) is 14. The van der Waals surface area contributed by atoms with Crippen LogP contribution in [0.2, 0.25) is 0 Å². The van der Waals surface area contributed by atoms with Crippen LogP contribution in [0.15, 0.2) is 6.33 Å². The molecule has 2 aliphatic heterocycles. The first-order valence-electron chi connectivity index (χ1n) is 8.47. The Morgan fingerprint density at radius 2 is 1.88 bits per heavy atom. The summed E-state index contributed by atoms with van der Waals surface area (Å²) >= 11 is 0. The molecule has 21 heteroatoms. The summed E-state index contributed by atoms with van der Waals surface area (Å²) in [6, 6.07) is 0. The van der Waals surface area contributed by atoms with Crippen LogP contribution in [0.25, 0.3) is 0 Å². The van der Waals surface area contributed by atoms with Gasteiger partial charge in [-0.05, 0) is 6.92 Å². The molecule has 6 atom stereocenters. The van der Waals surface area contributed by atoms with Crippen LogP contribution in [0.4, 0.5) is 17.3 Å². The summed E-state index contributed by atoms with van der Waals surface area (Å²) in [6.45, 7) is 0.286. The van der Waals surface area contributed by atoms with E-state index < -0.39 is 54.1 Å². The Balaban J connectivity index is 1.70. The van der Waals surface area contributed by atoms with Crippen LogP contribution in [-0.4, -0.2) is 77.1 Å². The monoisotopic (exact) mass is 523 g/mol. The number of hydrogen-bond donors (Lipinski definition) is 8. The molecule has 182 valence electrons. The van der Waals surface area contributed by atoms with Crippen molar-refractivity contribution in [1.29, 1.82) is 0 Å². The van der Waals surface area contributed by atoms with Crippen molar-refractivity contribution >= 4 is 40.8 Å². The highest BCUT2D eigenvalue weighted by Crippen LogP contribution is 2.66. The van der Waals surface area contributed by atoms with E-state index in [0.717, 1.165) is 0 Å². The second-order valence-corrected chi connectivity index (χ2v) is 11.3. The molecule has 3 heterocycles. The number of aliphatic hydroxyl groups is 2. The summed E-state index contributed by atoms with van der Waals surface area (Å²) in [6.07, 6.45) is -3.33. The smallest absolute Gasteiger partial charge is 0.387 e. The van der Waals surface area contributed by atoms with Gasteiger partial charge in [0.25, 0.3) is 0 Å². The lowest BCUT2D eigenvalue weighted by Crippen LogP contribution is -2.45. The second kappa shape index (κ2) is 8.52. The molecule has 0 bridgehead atoms. The third kappa shape index (κ3) is 5.46. The minimum absolute atomic E-state index is 0.0542. The molecule has 18 nitrogen and oxygen atoms in total. The molecule has 0 radical (unpaired) electrons. The van der Waals surface area contributed by atoms with Gasteiger partial charge >= 0.3 is 23.5 Å². The lowest BCUT2D eigenvalue weighted by atomic mass is 9.98. The van der Waals surface area contributed by atoms with Crippen LogP contribution in [-0.2, 0) is 31.6 Å². The molecule has 32 heavy (non-hydrogen) atoms. The first-order chi connectivity index (χ1) is 14.5. The zero-order chi connectivity index (χ0) is 24.1. The highest BCUT2D eigenvalue weighted by Gasteiger charge is 2.55. The molecule has 1 aromatic heterocycles. The SMILES string of the molecule is C[C@]1(COP(=O)(O)OP(=O)(O)OP(=O)(O)O)O[C@@H](N2CNc3c(N)ncnc32)C(O)[C@H]1O. The first-order valence-corrected chi connectivity index (χ1v) is 13.0. The molecular weight excluding hydrogens is 503 g/mol. The summed E-state index contributed by atoms with van der Waals surface area (Å²) in [5, 5.41) is 23.8. The van der Waals surface area contributed by atoms with Crippen LogP contribution in [0.3, 0.4) is 0 Å². The van der Waals surface area contributed by atoms with Crippen molar-refractivity contribution in [2.75, 3.05) is 29.2 Å². The average Bonchev–Trinajstić information content (AvgIpc) is 3.14. The van der Waals surface area contributed by atoms with Crippen molar-refractivity contribution < 1.29 is 61.4 Å². The van der Waals surface area contributed by atoms with E-state index in [4.69, 9.17) is 20.3 Å². The number of phosphoric ester groups is 1. The van der Waals surface area contributed by atoms with Gasteiger partial charge in [0, 0.05) is 0 Å². The Morgan fingerprint density at radius 1 is 1.22 bits per heavy atom. The Labute approximate surface area is 179 Å². The van der Waals surface area contributed by atoms with E-state index in [1.807, 2.05) is 0 Å². The third-order valence-electron chi connectivity index (χ3n) is 4.42. The fourth-order valence-corrected chi connectivity index (χ4v) is 6.15. The molecule has 0 aliphatic carbocycles. The Kier molecular flexibility index (Phi) is 6.76. The molecule has 1 aromatic rings. The van der Waals surface area contributed by atoms with Crippen molar-refractivity contribution in [3.63, 3.8) is 0 Å². The van der Waals surface area contributed by atoms with Gasteiger partial charge in [-0.3, -0.25) is 4.52 Å². The molecule has 3 rings (SSSR count). The summed E-state index contributed by atoms with van der Waals surface area (Å²) in [5.41, 5.74) is 4.25. The highest BCUT2D eigenvalue weighted by molar-refractivity contribution is 7.66. The second-order valence-electron chi connectivity index (χ2n) is 6.88. The average molecular weight is 523 g/mol. The van der Waals surface area contributed by atoms with Crippen LogP contribution in [0.5, 0.6) is 0 Å². The van der Waals surface area contributed by atoms with E-state index in [2.05, 4.69) is 28.4 Å². The van der Waals surface area contributed by atoms with Crippen molar-refractivity contribution in [3.05, 3.63) is 6.33 Å². The van der Waals surface area contributed by atoms with E-state index in [1.54, 1.807) is 0 Å². The molecule has 2 aliphatic rings. The molecule has 9 N–H and O–H groups in total. The number of nitrogen functional groups attached to an aromatic ring is 1. The lowest BCUT2D eigenvalue weighted by Gasteiger charge is -2.29. The van der Waals surface area contributed by atoms with E-state index in [-0.39, 0.29) is 18.3 Å². The maximum absolute atomic E-state index is 11.9. The van der Waals surface area contributed by atoms with E-state index in [1.165, 1.54) is 18.2 Å². The maximum Gasteiger partial charge on any atom is 0.490 e. The van der Waals surface area contributed by atoms with Crippen molar-refractivity contribution in [2.45, 2.75) is 31.0 Å². The first kappa shape index (κ1) is 25.4. The van der Waals surface area contributed by atoms with Gasteiger partial charge < -0.3 is 50.5 Å². The maximum atomic E-state index is 11.9. The number of phosphoric acid groups is 3. The van der Waals surface area contributed by atoms with Gasteiger partial charge in [0.15, 0.2) is 17.9 Å². The summed E-state index contributed by atoms with van der Waals surface area (Å²) in [4.78, 5) is 45.1. The lowest BCUT2D eigenvalue weighted by molar-refractivity contribution is -0.0962. The van der Waals surface area contributed by atoms with Crippen LogP contribution < -0.4 is 16.0 Å². The predicted molar refractivity (Wildman–Crippen MR) is 103 cm³/mol. The number of aliphatic hydroxyl groups excluding tert-OH is 2. The van der Waals surface area contributed by atoms with Crippen molar-refractivity contribution in [2.24, 2.45) is 0 Å². The van der Waals surface area contributed by atoms with Gasteiger partial charge in [-0.1, -0.05) is 0 Å². The zero-order valence-corrected chi connectivity index (χ0v) is 18.7. The Morgan fingerprint density at radius 3 is 2.50 bits per heavy atom. The van der Waals surface area contributed by atoms with E-state index >= 15 is 0 Å². The fraction of sp³-hybridized carbons (Fsp3) is 0.636. The number of ether oxygens (including phenoxy) is 1. The van der Waals surface area contributed by atoms with Crippen molar-refractivity contribution in [3.8, 4) is 0 Å². The van der Waals surface area contributed by atoms with Gasteiger partial charge in [0.05, 0.1) is 13.3 Å². The van der Waals surface area contributed by atoms with Crippen molar-refractivity contribution in [1.82, 2.24) is 9.97 Å². The highest BCUT2D eigenvalue weighted by atomic mass is 31.3. The number of rotatable bonds is 8. The normalized spacial score (nSPS) is 31.6. The van der Waals surface area contributed by atoms with E-state index in [0.29, 0.717) is 5.69 Å². The van der Waals surface area contributed by atoms with Crippen LogP contribution >= 0.6 is 23.5 Å². The number of fused-ring (bicyclic) bond motifs is 1. The molecule has 0 amide bonds. The number of anilines is 3. The van der Waals surface area contributed by atoms with Gasteiger partial charge in [-0.25, -0.2) is 23.7 Å². The molecule has 3 unspecified atom stereocenters. The molecular formula is C11H20N5O13P3. The van der Waals surface area contributed by atoms with Crippen LogP contribution in [0, 0.1) is 0 Å². The minimum atomic E-state index is -5.71. The third-order valence-corrected chi connectivity index (χ3v) is 8.21. The number of aromatic nitrogens is 2. The molecule has 0 aromatic carbocycles. The quantitative estimate of drug-likeness (QED) is 0.179. The zero-order valence-electron chi connectivity index (χ0n) is 16.0. The van der Waals surface area contributed by atoms with E-state index in [9.17, 15) is 33.7 Å². The topological polar surface area (TPSA) is 277 Å². The number of nitrogens with two attached hydrogens (primary N) is 1. The Hall–Kier alpha value is -1.23. The van der Waals surface area contributed by atoms with Gasteiger partial charge in [-0.15, -0.1) is 0 Å². The fourth-order valence-electron chi connectivity index (χ4n) is 3.04. The summed E-state index contributed by atoms with van der Waals surface area (Å²) in [5.74, 6) is 0.381. The van der Waals surface area contributed by atoms with Crippen LogP contribution in [0.1, 0.15) is 6.92 Å². The number of nitrogens with zero attached hydrogens (tertiary/aromatic N) is 3. The number of nitrogens with one attached hydrogen (secondary N) is 1. The summed E-state index contributed by atoms with van der Waals surface area (Å²) in [7, 11) is -16.7. The molecule has 1 fully saturated rings. The van der Waals surface area contributed by atoms with Gasteiger partial charge in [0.1, 0.15) is 29.8 Å². The van der Waals surface area contributed by atoms with Gasteiger partial charge in [0.2, 0.25) is 0 Å². The molecule has 0 spiro atoms. The molecule has 0 saturated carbocycles. The van der Waals surface area contributed by atoms with Gasteiger partial charge in [-0.2, -0.15) is 8.62 Å². The molecule has 1 saturated heterocycles.